The van der Waals surface area contributed by atoms with Gasteiger partial charge in [-0.3, -0.25) is 9.59 Å². The topological polar surface area (TPSA) is 61.4 Å². The number of nitrogens with zero attached hydrogens (tertiary/aromatic N) is 1. The van der Waals surface area contributed by atoms with Gasteiger partial charge in [-0.2, -0.15) is 0 Å². The maximum atomic E-state index is 13.3. The molecule has 2 N–H and O–H groups in total. The van der Waals surface area contributed by atoms with E-state index < -0.39 is 0 Å². The second-order valence-electron chi connectivity index (χ2n) is 10.3. The molecule has 2 amide bonds. The molecule has 1 aliphatic heterocycles. The van der Waals surface area contributed by atoms with E-state index in [-0.39, 0.29) is 23.5 Å². The summed E-state index contributed by atoms with van der Waals surface area (Å²) in [6, 6.07) is 22.3. The highest BCUT2D eigenvalue weighted by Crippen LogP contribution is 2.30. The summed E-state index contributed by atoms with van der Waals surface area (Å²) in [6.07, 6.45) is 3.60. The van der Waals surface area contributed by atoms with Crippen LogP contribution in [-0.2, 0) is 17.8 Å². The molecule has 1 saturated heterocycles. The molecule has 6 heteroatoms. The molecule has 1 fully saturated rings. The van der Waals surface area contributed by atoms with Crippen molar-refractivity contribution in [3.8, 4) is 0 Å². The first kappa shape index (κ1) is 26.4. The SMILES string of the molecule is CC(C)CC(=O)Nc1ccc(N2CCC(Cc3ccccc3)CC2)c(C(=O)NCc2ccc(F)cc2)c1. The summed E-state index contributed by atoms with van der Waals surface area (Å²) in [5.74, 6) is 0.268. The van der Waals surface area contributed by atoms with Crippen molar-refractivity contribution in [2.75, 3.05) is 23.3 Å². The van der Waals surface area contributed by atoms with Crippen LogP contribution < -0.4 is 15.5 Å². The third-order valence-electron chi connectivity index (χ3n) is 6.81. The molecule has 5 nitrogen and oxygen atoms in total. The van der Waals surface area contributed by atoms with E-state index in [1.165, 1.54) is 17.7 Å². The Bertz CT molecular complexity index is 1190. The zero-order chi connectivity index (χ0) is 26.2. The van der Waals surface area contributed by atoms with Gasteiger partial charge >= 0.3 is 0 Å². The van der Waals surface area contributed by atoms with E-state index in [9.17, 15) is 14.0 Å². The van der Waals surface area contributed by atoms with Crippen LogP contribution in [-0.4, -0.2) is 24.9 Å². The lowest BCUT2D eigenvalue weighted by atomic mass is 9.89. The van der Waals surface area contributed by atoms with Gasteiger partial charge in [0.15, 0.2) is 0 Å². The minimum absolute atomic E-state index is 0.0675. The number of hydrogen-bond donors (Lipinski definition) is 2. The van der Waals surface area contributed by atoms with Crippen molar-refractivity contribution >= 4 is 23.2 Å². The van der Waals surface area contributed by atoms with Crippen LogP contribution in [0, 0.1) is 17.7 Å². The Balaban J connectivity index is 1.48. The first-order valence-corrected chi connectivity index (χ1v) is 13.1. The lowest BCUT2D eigenvalue weighted by Crippen LogP contribution is -2.36. The number of amides is 2. The number of hydrogen-bond acceptors (Lipinski definition) is 3. The summed E-state index contributed by atoms with van der Waals surface area (Å²) in [7, 11) is 0. The van der Waals surface area contributed by atoms with Gasteiger partial charge in [0, 0.05) is 37.4 Å². The van der Waals surface area contributed by atoms with Gasteiger partial charge in [-0.25, -0.2) is 4.39 Å². The zero-order valence-corrected chi connectivity index (χ0v) is 21.7. The predicted molar refractivity (Wildman–Crippen MR) is 147 cm³/mol. The van der Waals surface area contributed by atoms with E-state index in [1.807, 2.05) is 32.0 Å². The Morgan fingerprint density at radius 3 is 2.32 bits per heavy atom. The summed E-state index contributed by atoms with van der Waals surface area (Å²) in [5, 5.41) is 5.90. The van der Waals surface area contributed by atoms with Gasteiger partial charge in [0.05, 0.1) is 5.56 Å². The quantitative estimate of drug-likeness (QED) is 0.367. The molecule has 0 bridgehead atoms. The Morgan fingerprint density at radius 1 is 0.946 bits per heavy atom. The van der Waals surface area contributed by atoms with Crippen molar-refractivity contribution in [3.05, 3.63) is 95.3 Å². The molecule has 4 rings (SSSR count). The minimum Gasteiger partial charge on any atom is -0.371 e. The highest BCUT2D eigenvalue weighted by Gasteiger charge is 2.24. The molecule has 0 spiro atoms. The fourth-order valence-electron chi connectivity index (χ4n) is 4.86. The summed E-state index contributed by atoms with van der Waals surface area (Å²) >= 11 is 0. The average molecular weight is 502 g/mol. The van der Waals surface area contributed by atoms with E-state index in [4.69, 9.17) is 0 Å². The van der Waals surface area contributed by atoms with Gasteiger partial charge in [-0.05, 0) is 72.6 Å². The predicted octanol–water partition coefficient (Wildman–Crippen LogP) is 6.20. The fraction of sp³-hybridized carbons (Fsp3) is 0.355. The number of piperidine rings is 1. The largest absolute Gasteiger partial charge is 0.371 e. The lowest BCUT2D eigenvalue weighted by Gasteiger charge is -2.35. The fourth-order valence-corrected chi connectivity index (χ4v) is 4.86. The number of rotatable bonds is 9. The number of benzene rings is 3. The normalized spacial score (nSPS) is 14.0. The third kappa shape index (κ3) is 7.66. The van der Waals surface area contributed by atoms with E-state index in [0.717, 1.165) is 43.6 Å². The zero-order valence-electron chi connectivity index (χ0n) is 21.7. The van der Waals surface area contributed by atoms with Crippen molar-refractivity contribution in [3.63, 3.8) is 0 Å². The molecule has 1 heterocycles. The first-order valence-electron chi connectivity index (χ1n) is 13.1. The van der Waals surface area contributed by atoms with Crippen LogP contribution in [0.2, 0.25) is 0 Å². The summed E-state index contributed by atoms with van der Waals surface area (Å²) in [4.78, 5) is 28.0. The molecule has 0 atom stereocenters. The first-order chi connectivity index (χ1) is 17.9. The number of anilines is 2. The number of carbonyl (C=O) groups is 2. The second kappa shape index (κ2) is 12.5. The number of carbonyl (C=O) groups excluding carboxylic acids is 2. The van der Waals surface area contributed by atoms with Crippen LogP contribution in [0.15, 0.2) is 72.8 Å². The molecule has 0 aliphatic carbocycles. The molecule has 194 valence electrons. The number of nitrogens with one attached hydrogen (secondary N) is 2. The maximum absolute atomic E-state index is 13.3. The summed E-state index contributed by atoms with van der Waals surface area (Å²) in [6.45, 7) is 6.03. The van der Waals surface area contributed by atoms with E-state index in [2.05, 4.69) is 39.8 Å². The van der Waals surface area contributed by atoms with Crippen LogP contribution in [0.3, 0.4) is 0 Å². The van der Waals surface area contributed by atoms with Gasteiger partial charge in [-0.15, -0.1) is 0 Å². The molecular formula is C31H36FN3O2. The van der Waals surface area contributed by atoms with Crippen LogP contribution >= 0.6 is 0 Å². The van der Waals surface area contributed by atoms with Gasteiger partial charge in [-0.1, -0.05) is 56.3 Å². The molecule has 0 aromatic heterocycles. The van der Waals surface area contributed by atoms with E-state index in [1.54, 1.807) is 18.2 Å². The molecule has 0 radical (unpaired) electrons. The highest BCUT2D eigenvalue weighted by molar-refractivity contribution is 6.02. The van der Waals surface area contributed by atoms with Gasteiger partial charge in [0.25, 0.3) is 5.91 Å². The lowest BCUT2D eigenvalue weighted by molar-refractivity contribution is -0.116. The van der Waals surface area contributed by atoms with Crippen LogP contribution in [0.1, 0.15) is 54.6 Å². The third-order valence-corrected chi connectivity index (χ3v) is 6.81. The average Bonchev–Trinajstić information content (AvgIpc) is 2.89. The maximum Gasteiger partial charge on any atom is 0.253 e. The molecule has 3 aromatic rings. The minimum atomic E-state index is -0.308. The second-order valence-corrected chi connectivity index (χ2v) is 10.3. The summed E-state index contributed by atoms with van der Waals surface area (Å²) in [5.41, 5.74) is 4.20. The molecule has 1 aliphatic rings. The Labute approximate surface area is 219 Å². The van der Waals surface area contributed by atoms with Crippen LogP contribution in [0.4, 0.5) is 15.8 Å². The number of halogens is 1. The molecular weight excluding hydrogens is 465 g/mol. The van der Waals surface area contributed by atoms with Crippen LogP contribution in [0.5, 0.6) is 0 Å². The van der Waals surface area contributed by atoms with Crippen molar-refractivity contribution in [2.24, 2.45) is 11.8 Å². The standard InChI is InChI=1S/C31H36FN3O2/c1-22(2)18-30(36)34-27-12-13-29(28(20-27)31(37)33-21-25-8-10-26(32)11-9-25)35-16-14-24(15-17-35)19-23-6-4-3-5-7-23/h3-13,20,22,24H,14-19,21H2,1-2H3,(H,33,37)(H,34,36). The summed E-state index contributed by atoms with van der Waals surface area (Å²) < 4.78 is 13.3. The Morgan fingerprint density at radius 2 is 1.65 bits per heavy atom. The Kier molecular flexibility index (Phi) is 8.94. The molecule has 0 saturated carbocycles. The van der Waals surface area contributed by atoms with Gasteiger partial charge in [0.1, 0.15) is 5.82 Å². The molecule has 37 heavy (non-hydrogen) atoms. The van der Waals surface area contributed by atoms with E-state index in [0.29, 0.717) is 30.1 Å². The monoisotopic (exact) mass is 501 g/mol. The smallest absolute Gasteiger partial charge is 0.253 e. The van der Waals surface area contributed by atoms with Crippen molar-refractivity contribution in [1.82, 2.24) is 5.32 Å². The van der Waals surface area contributed by atoms with Crippen molar-refractivity contribution in [1.29, 1.82) is 0 Å². The van der Waals surface area contributed by atoms with Crippen LogP contribution in [0.25, 0.3) is 0 Å². The van der Waals surface area contributed by atoms with Gasteiger partial charge in [0.2, 0.25) is 5.91 Å². The van der Waals surface area contributed by atoms with Crippen molar-refractivity contribution in [2.45, 2.75) is 46.1 Å². The van der Waals surface area contributed by atoms with Gasteiger partial charge < -0.3 is 15.5 Å². The molecule has 0 unspecified atom stereocenters. The molecule has 3 aromatic carbocycles. The highest BCUT2D eigenvalue weighted by atomic mass is 19.1. The van der Waals surface area contributed by atoms with E-state index >= 15 is 0 Å². The van der Waals surface area contributed by atoms with Crippen molar-refractivity contribution < 1.29 is 14.0 Å². The Hall–Kier alpha value is -3.67.